The monoisotopic (exact) mass is 781 g/mol. The molecule has 3 aliphatic rings. The van der Waals surface area contributed by atoms with Gasteiger partial charge in [-0.3, -0.25) is 18.6 Å². The topological polar surface area (TPSA) is 121 Å². The van der Waals surface area contributed by atoms with Crippen molar-refractivity contribution in [2.24, 2.45) is 13.0 Å². The van der Waals surface area contributed by atoms with Crippen molar-refractivity contribution in [2.45, 2.75) is 64.6 Å². The predicted octanol–water partition coefficient (Wildman–Crippen LogP) is 7.06. The molecule has 4 aromatic heterocycles. The van der Waals surface area contributed by atoms with Crippen molar-refractivity contribution in [1.29, 1.82) is 0 Å². The molecule has 0 bridgehead atoms. The fourth-order valence-electron chi connectivity index (χ4n) is 9.55. The molecule has 1 aliphatic carbocycles. The highest BCUT2D eigenvalue weighted by Crippen LogP contribution is 2.53. The van der Waals surface area contributed by atoms with Crippen molar-refractivity contribution < 1.29 is 23.8 Å². The molecule has 1 N–H and O–H groups in total. The number of hydrogen-bond donors (Lipinski definition) is 1. The average molecular weight is 782 g/mol. The third-order valence-electron chi connectivity index (χ3n) is 12.9. The maximum Gasteiger partial charge on any atom is 0.337 e. The molecule has 0 spiro atoms. The number of amides is 1. The van der Waals surface area contributed by atoms with Crippen LogP contribution in [0.15, 0.2) is 84.0 Å². The van der Waals surface area contributed by atoms with Crippen LogP contribution in [0.1, 0.15) is 65.0 Å². The fourth-order valence-corrected chi connectivity index (χ4v) is 9.55. The summed E-state index contributed by atoms with van der Waals surface area (Å²) in [6.07, 6.45) is 7.65. The molecule has 2 atom stereocenters. The van der Waals surface area contributed by atoms with Crippen molar-refractivity contribution >= 4 is 33.7 Å². The summed E-state index contributed by atoms with van der Waals surface area (Å²) in [6.45, 7) is 7.48. The van der Waals surface area contributed by atoms with Crippen molar-refractivity contribution in [2.75, 3.05) is 19.8 Å². The standard InChI is InChI=1S/C45H44FN7O5/c1-26-19-33(20-27(2)39(26)46)40-41(51-15-14-50(44(51)57)34-6-8-35-31(22-34)9-12-48(35)4)38-25-49(13-16-52(38)47-40)42(54)37-23-32-21-30(29-10-17-58-18-11-29)5-7-36(32)53(37)45(43(55)56)24-28(45)3/h5-9,12,14-15,19-23,28-29H,10-11,13,16-18,24-25H2,1-4H3,(H,55,56)/t28-,45-/m0/s1. The highest BCUT2D eigenvalue weighted by molar-refractivity contribution is 6.01. The molecule has 1 saturated heterocycles. The van der Waals surface area contributed by atoms with E-state index in [0.717, 1.165) is 40.2 Å². The molecule has 7 aromatic rings. The average Bonchev–Trinajstić information content (AvgIpc) is 3.64. The Morgan fingerprint density at radius 3 is 2.34 bits per heavy atom. The Morgan fingerprint density at radius 2 is 1.62 bits per heavy atom. The van der Waals surface area contributed by atoms with E-state index in [2.05, 4.69) is 12.1 Å². The first-order valence-corrected chi connectivity index (χ1v) is 19.9. The molecule has 1 amide bonds. The molecule has 3 aromatic carbocycles. The molecule has 0 radical (unpaired) electrons. The summed E-state index contributed by atoms with van der Waals surface area (Å²) in [5.74, 6) is -1.38. The second-order valence-electron chi connectivity index (χ2n) is 16.4. The number of aryl methyl sites for hydroxylation is 3. The van der Waals surface area contributed by atoms with Gasteiger partial charge in [-0.15, -0.1) is 0 Å². The number of carboxylic acid groups (broad SMARTS) is 1. The maximum atomic E-state index is 15.0. The Morgan fingerprint density at radius 1 is 0.897 bits per heavy atom. The third kappa shape index (κ3) is 5.43. The molecule has 58 heavy (non-hydrogen) atoms. The summed E-state index contributed by atoms with van der Waals surface area (Å²) < 4.78 is 29.3. The van der Waals surface area contributed by atoms with Gasteiger partial charge in [-0.2, -0.15) is 5.10 Å². The number of fused-ring (bicyclic) bond motifs is 3. The van der Waals surface area contributed by atoms with E-state index in [1.165, 1.54) is 0 Å². The van der Waals surface area contributed by atoms with Crippen LogP contribution in [0.5, 0.6) is 0 Å². The molecule has 2 aliphatic heterocycles. The zero-order valence-electron chi connectivity index (χ0n) is 32.9. The Labute approximate surface area is 333 Å². The molecule has 10 rings (SSSR count). The molecule has 2 fully saturated rings. The lowest BCUT2D eigenvalue weighted by atomic mass is 9.91. The minimum atomic E-state index is -1.24. The van der Waals surface area contributed by atoms with Crippen LogP contribution in [0, 0.1) is 25.6 Å². The summed E-state index contributed by atoms with van der Waals surface area (Å²) in [5, 5.41) is 17.5. The van der Waals surface area contributed by atoms with E-state index >= 15 is 0 Å². The van der Waals surface area contributed by atoms with Crippen LogP contribution >= 0.6 is 0 Å². The fraction of sp³-hybridized carbons (Fsp3) is 0.333. The smallest absolute Gasteiger partial charge is 0.337 e. The second kappa shape index (κ2) is 13.2. The highest BCUT2D eigenvalue weighted by Gasteiger charge is 2.61. The number of carbonyl (C=O) groups excluding carboxylic acids is 1. The highest BCUT2D eigenvalue weighted by atomic mass is 19.1. The van der Waals surface area contributed by atoms with Gasteiger partial charge < -0.3 is 23.9 Å². The van der Waals surface area contributed by atoms with Crippen molar-refractivity contribution in [3.63, 3.8) is 0 Å². The Kier molecular flexibility index (Phi) is 8.21. The first kappa shape index (κ1) is 36.2. The molecule has 12 nitrogen and oxygen atoms in total. The molecule has 1 saturated carbocycles. The van der Waals surface area contributed by atoms with Crippen LogP contribution in [-0.4, -0.2) is 69.7 Å². The molecular formula is C45H44FN7O5. The Balaban J connectivity index is 1.09. The molecule has 6 heterocycles. The van der Waals surface area contributed by atoms with Gasteiger partial charge in [0, 0.05) is 72.8 Å². The van der Waals surface area contributed by atoms with Gasteiger partial charge in [-0.1, -0.05) is 13.0 Å². The number of carboxylic acids is 1. The largest absolute Gasteiger partial charge is 0.479 e. The van der Waals surface area contributed by atoms with E-state index in [-0.39, 0.29) is 29.9 Å². The lowest BCUT2D eigenvalue weighted by Crippen LogP contribution is -2.41. The van der Waals surface area contributed by atoms with Gasteiger partial charge in [0.2, 0.25) is 0 Å². The number of ether oxygens (including phenoxy) is 1. The van der Waals surface area contributed by atoms with Crippen LogP contribution in [0.4, 0.5) is 4.39 Å². The molecule has 13 heteroatoms. The third-order valence-corrected chi connectivity index (χ3v) is 12.9. The number of aliphatic carboxylic acids is 1. The van der Waals surface area contributed by atoms with Crippen molar-refractivity contribution in [3.8, 4) is 22.6 Å². The van der Waals surface area contributed by atoms with E-state index in [1.807, 2.05) is 65.8 Å². The summed E-state index contributed by atoms with van der Waals surface area (Å²) in [7, 11) is 1.97. The van der Waals surface area contributed by atoms with Crippen LogP contribution < -0.4 is 5.69 Å². The molecule has 0 unspecified atom stereocenters. The van der Waals surface area contributed by atoms with Crippen molar-refractivity contribution in [1.82, 2.24) is 32.9 Å². The van der Waals surface area contributed by atoms with Gasteiger partial charge in [0.05, 0.1) is 24.5 Å². The first-order chi connectivity index (χ1) is 27.9. The minimum absolute atomic E-state index is 0.110. The zero-order valence-corrected chi connectivity index (χ0v) is 32.9. The van der Waals surface area contributed by atoms with Gasteiger partial charge in [0.25, 0.3) is 5.91 Å². The number of hydrogen-bond acceptors (Lipinski definition) is 5. The molecular weight excluding hydrogens is 738 g/mol. The number of carbonyl (C=O) groups is 2. The van der Waals surface area contributed by atoms with Gasteiger partial charge >= 0.3 is 11.7 Å². The molecule has 296 valence electrons. The lowest BCUT2D eigenvalue weighted by Gasteiger charge is -2.29. The normalized spacial score (nSPS) is 19.6. The minimum Gasteiger partial charge on any atom is -0.479 e. The number of halogens is 1. The summed E-state index contributed by atoms with van der Waals surface area (Å²) in [6, 6.07) is 19.4. The Bertz CT molecular complexity index is 2880. The van der Waals surface area contributed by atoms with E-state index in [4.69, 9.17) is 9.84 Å². The van der Waals surface area contributed by atoms with Crippen LogP contribution in [0.2, 0.25) is 0 Å². The van der Waals surface area contributed by atoms with E-state index in [0.29, 0.717) is 83.8 Å². The first-order valence-electron chi connectivity index (χ1n) is 19.9. The SMILES string of the molecule is Cc1cc(-c2nn3c(c2-n2ccn(-c4ccc5c(ccn5C)c4)c2=O)CN(C(=O)c2cc4cc(C5CCOCC5)ccc4n2[C@@]2(C(=O)O)C[C@@H]2C)CC3)cc(C)c1F. The zero-order chi connectivity index (χ0) is 40.2. The second-order valence-corrected chi connectivity index (χ2v) is 16.4. The number of rotatable bonds is 7. The number of aromatic nitrogens is 6. The summed E-state index contributed by atoms with van der Waals surface area (Å²) >= 11 is 0. The number of benzene rings is 3. The maximum absolute atomic E-state index is 15.0. The van der Waals surface area contributed by atoms with Gasteiger partial charge in [-0.05, 0) is 116 Å². The van der Waals surface area contributed by atoms with Gasteiger partial charge in [0.15, 0.2) is 0 Å². The van der Waals surface area contributed by atoms with E-state index in [1.54, 1.807) is 57.0 Å². The van der Waals surface area contributed by atoms with E-state index in [9.17, 15) is 23.9 Å². The van der Waals surface area contributed by atoms with Crippen LogP contribution in [-0.2, 0) is 35.2 Å². The summed E-state index contributed by atoms with van der Waals surface area (Å²) in [5.41, 5.74) is 5.61. The van der Waals surface area contributed by atoms with Gasteiger partial charge in [0.1, 0.15) is 28.4 Å². The van der Waals surface area contributed by atoms with Crippen LogP contribution in [0.25, 0.3) is 44.4 Å². The Hall–Kier alpha value is -6.21. The summed E-state index contributed by atoms with van der Waals surface area (Å²) in [4.78, 5) is 44.2. The predicted molar refractivity (Wildman–Crippen MR) is 217 cm³/mol. The number of nitrogens with zero attached hydrogens (tertiary/aromatic N) is 7. The van der Waals surface area contributed by atoms with Crippen molar-refractivity contribution in [3.05, 3.63) is 124 Å². The van der Waals surface area contributed by atoms with Crippen LogP contribution in [0.3, 0.4) is 0 Å². The lowest BCUT2D eigenvalue weighted by molar-refractivity contribution is -0.142. The number of imidazole rings is 1. The quantitative estimate of drug-likeness (QED) is 0.185. The van der Waals surface area contributed by atoms with Gasteiger partial charge in [-0.25, -0.2) is 14.0 Å². The van der Waals surface area contributed by atoms with E-state index < -0.39 is 11.5 Å².